The van der Waals surface area contributed by atoms with E-state index < -0.39 is 0 Å². The van der Waals surface area contributed by atoms with E-state index in [1.807, 2.05) is 11.7 Å². The van der Waals surface area contributed by atoms with Crippen molar-refractivity contribution in [3.05, 3.63) is 17.5 Å². The Morgan fingerprint density at radius 3 is 2.76 bits per heavy atom. The van der Waals surface area contributed by atoms with E-state index in [1.165, 1.54) is 37.1 Å². The quantitative estimate of drug-likeness (QED) is 0.787. The molecular formula is C14H25N3. The molecule has 0 aliphatic heterocycles. The molecule has 1 N–H and O–H groups in total. The molecule has 17 heavy (non-hydrogen) atoms. The SMILES string of the molecule is CCc1cc(CNC(CC)CC2CC2)n(C)n1. The number of hydrogen-bond acceptors (Lipinski definition) is 2. The van der Waals surface area contributed by atoms with Crippen molar-refractivity contribution in [3.8, 4) is 0 Å². The van der Waals surface area contributed by atoms with E-state index >= 15 is 0 Å². The minimum Gasteiger partial charge on any atom is -0.308 e. The van der Waals surface area contributed by atoms with Crippen LogP contribution in [0.5, 0.6) is 0 Å². The van der Waals surface area contributed by atoms with Crippen LogP contribution in [0.3, 0.4) is 0 Å². The Morgan fingerprint density at radius 2 is 2.24 bits per heavy atom. The lowest BCUT2D eigenvalue weighted by atomic mass is 10.1. The first-order valence-corrected chi connectivity index (χ1v) is 6.98. The summed E-state index contributed by atoms with van der Waals surface area (Å²) >= 11 is 0. The largest absolute Gasteiger partial charge is 0.308 e. The Balaban J connectivity index is 1.83. The minimum atomic E-state index is 0.683. The molecule has 0 amide bonds. The number of aryl methyl sites for hydroxylation is 2. The second kappa shape index (κ2) is 5.67. The van der Waals surface area contributed by atoms with Crippen LogP contribution >= 0.6 is 0 Å². The molecule has 96 valence electrons. The van der Waals surface area contributed by atoms with Gasteiger partial charge in [0.05, 0.1) is 11.4 Å². The molecule has 0 saturated heterocycles. The average Bonchev–Trinajstić information content (AvgIpc) is 3.08. The van der Waals surface area contributed by atoms with Crippen molar-refractivity contribution in [1.29, 1.82) is 0 Å². The highest BCUT2D eigenvalue weighted by Crippen LogP contribution is 2.34. The van der Waals surface area contributed by atoms with E-state index in [0.29, 0.717) is 6.04 Å². The molecule has 1 unspecified atom stereocenters. The maximum atomic E-state index is 4.48. The van der Waals surface area contributed by atoms with Gasteiger partial charge in [-0.2, -0.15) is 5.10 Å². The van der Waals surface area contributed by atoms with Crippen molar-refractivity contribution >= 4 is 0 Å². The summed E-state index contributed by atoms with van der Waals surface area (Å²) in [5.41, 5.74) is 2.50. The molecule has 1 aromatic heterocycles. The van der Waals surface area contributed by atoms with E-state index in [-0.39, 0.29) is 0 Å². The Hall–Kier alpha value is -0.830. The number of nitrogens with one attached hydrogen (secondary N) is 1. The monoisotopic (exact) mass is 235 g/mol. The summed E-state index contributed by atoms with van der Waals surface area (Å²) in [4.78, 5) is 0. The summed E-state index contributed by atoms with van der Waals surface area (Å²) in [6.07, 6.45) is 6.50. The fourth-order valence-corrected chi connectivity index (χ4v) is 2.31. The van der Waals surface area contributed by atoms with Gasteiger partial charge in [-0.05, 0) is 31.2 Å². The van der Waals surface area contributed by atoms with Gasteiger partial charge in [0.15, 0.2) is 0 Å². The Labute approximate surface area is 105 Å². The molecule has 1 heterocycles. The molecule has 2 rings (SSSR count). The number of nitrogens with zero attached hydrogens (tertiary/aromatic N) is 2. The number of rotatable bonds is 7. The first-order valence-electron chi connectivity index (χ1n) is 6.98. The zero-order valence-electron chi connectivity index (χ0n) is 11.4. The van der Waals surface area contributed by atoms with Crippen LogP contribution in [0.25, 0.3) is 0 Å². The molecule has 0 spiro atoms. The Kier molecular flexibility index (Phi) is 4.21. The van der Waals surface area contributed by atoms with Gasteiger partial charge in [0.25, 0.3) is 0 Å². The third kappa shape index (κ3) is 3.56. The topological polar surface area (TPSA) is 29.9 Å². The van der Waals surface area contributed by atoms with Gasteiger partial charge < -0.3 is 5.32 Å². The second-order valence-electron chi connectivity index (χ2n) is 5.27. The van der Waals surface area contributed by atoms with Crippen LogP contribution < -0.4 is 5.32 Å². The van der Waals surface area contributed by atoms with Crippen LogP contribution in [0.1, 0.15) is 50.9 Å². The molecule has 0 bridgehead atoms. The lowest BCUT2D eigenvalue weighted by Crippen LogP contribution is -2.29. The van der Waals surface area contributed by atoms with Gasteiger partial charge in [-0.1, -0.05) is 26.7 Å². The van der Waals surface area contributed by atoms with Crippen molar-refractivity contribution in [2.45, 2.75) is 58.5 Å². The van der Waals surface area contributed by atoms with Crippen LogP contribution in [0.2, 0.25) is 0 Å². The first kappa shape index (κ1) is 12.6. The summed E-state index contributed by atoms with van der Waals surface area (Å²) in [6.45, 7) is 5.39. The van der Waals surface area contributed by atoms with Gasteiger partial charge in [0, 0.05) is 19.6 Å². The molecule has 1 saturated carbocycles. The van der Waals surface area contributed by atoms with E-state index in [4.69, 9.17) is 0 Å². The highest BCUT2D eigenvalue weighted by molar-refractivity contribution is 5.10. The number of hydrogen-bond donors (Lipinski definition) is 1. The third-order valence-electron chi connectivity index (χ3n) is 3.77. The summed E-state index contributed by atoms with van der Waals surface area (Å²) in [6, 6.07) is 2.90. The predicted octanol–water partition coefficient (Wildman–Crippen LogP) is 2.65. The lowest BCUT2D eigenvalue weighted by Gasteiger charge is -2.16. The average molecular weight is 235 g/mol. The summed E-state index contributed by atoms with van der Waals surface area (Å²) in [5.74, 6) is 1.00. The molecule has 1 atom stereocenters. The van der Waals surface area contributed by atoms with Gasteiger partial charge in [0.1, 0.15) is 0 Å². The van der Waals surface area contributed by atoms with Crippen molar-refractivity contribution in [3.63, 3.8) is 0 Å². The first-order chi connectivity index (χ1) is 8.22. The standard InChI is InChI=1S/C14H25N3/c1-4-12(8-11-6-7-11)15-10-14-9-13(5-2)16-17(14)3/h9,11-12,15H,4-8,10H2,1-3H3. The highest BCUT2D eigenvalue weighted by atomic mass is 15.3. The molecule has 0 radical (unpaired) electrons. The van der Waals surface area contributed by atoms with Gasteiger partial charge in [0.2, 0.25) is 0 Å². The van der Waals surface area contributed by atoms with Gasteiger partial charge in [-0.25, -0.2) is 0 Å². The Morgan fingerprint density at radius 1 is 1.47 bits per heavy atom. The lowest BCUT2D eigenvalue weighted by molar-refractivity contribution is 0.437. The Bertz CT molecular complexity index is 352. The van der Waals surface area contributed by atoms with E-state index in [1.54, 1.807) is 0 Å². The van der Waals surface area contributed by atoms with Crippen LogP contribution in [0, 0.1) is 5.92 Å². The highest BCUT2D eigenvalue weighted by Gasteiger charge is 2.24. The molecular weight excluding hydrogens is 210 g/mol. The molecule has 1 aliphatic carbocycles. The molecule has 3 heteroatoms. The summed E-state index contributed by atoms with van der Waals surface area (Å²) in [7, 11) is 2.04. The third-order valence-corrected chi connectivity index (χ3v) is 3.77. The second-order valence-corrected chi connectivity index (χ2v) is 5.27. The fraction of sp³-hybridized carbons (Fsp3) is 0.786. The zero-order chi connectivity index (χ0) is 12.3. The maximum absolute atomic E-state index is 4.48. The molecule has 0 aromatic carbocycles. The van der Waals surface area contributed by atoms with Crippen LogP contribution in [-0.4, -0.2) is 15.8 Å². The molecule has 1 aliphatic rings. The van der Waals surface area contributed by atoms with Crippen LogP contribution in [-0.2, 0) is 20.0 Å². The van der Waals surface area contributed by atoms with E-state index in [2.05, 4.69) is 30.3 Å². The van der Waals surface area contributed by atoms with E-state index in [0.717, 1.165) is 18.9 Å². The summed E-state index contributed by atoms with van der Waals surface area (Å²) in [5, 5.41) is 8.16. The number of aromatic nitrogens is 2. The molecule has 1 fully saturated rings. The molecule has 3 nitrogen and oxygen atoms in total. The fourth-order valence-electron chi connectivity index (χ4n) is 2.31. The minimum absolute atomic E-state index is 0.683. The van der Waals surface area contributed by atoms with E-state index in [9.17, 15) is 0 Å². The smallest absolute Gasteiger partial charge is 0.0625 e. The molecule has 1 aromatic rings. The van der Waals surface area contributed by atoms with Crippen molar-refractivity contribution in [2.75, 3.05) is 0 Å². The van der Waals surface area contributed by atoms with Crippen LogP contribution in [0.15, 0.2) is 6.07 Å². The maximum Gasteiger partial charge on any atom is 0.0625 e. The van der Waals surface area contributed by atoms with Crippen molar-refractivity contribution in [2.24, 2.45) is 13.0 Å². The van der Waals surface area contributed by atoms with Gasteiger partial charge >= 0.3 is 0 Å². The van der Waals surface area contributed by atoms with Gasteiger partial charge in [-0.15, -0.1) is 0 Å². The van der Waals surface area contributed by atoms with Crippen LogP contribution in [0.4, 0.5) is 0 Å². The van der Waals surface area contributed by atoms with Crippen molar-refractivity contribution < 1.29 is 0 Å². The predicted molar refractivity (Wildman–Crippen MR) is 70.8 cm³/mol. The normalized spacial score (nSPS) is 17.4. The summed E-state index contributed by atoms with van der Waals surface area (Å²) < 4.78 is 2.01. The van der Waals surface area contributed by atoms with Crippen molar-refractivity contribution in [1.82, 2.24) is 15.1 Å². The van der Waals surface area contributed by atoms with Gasteiger partial charge in [-0.3, -0.25) is 4.68 Å². The zero-order valence-corrected chi connectivity index (χ0v) is 11.4.